The van der Waals surface area contributed by atoms with Crippen molar-refractivity contribution in [3.05, 3.63) is 6.54 Å². The maximum atomic E-state index is 7.33. The van der Waals surface area contributed by atoms with Crippen LogP contribution in [0.1, 0.15) is 13.3 Å². The summed E-state index contributed by atoms with van der Waals surface area (Å²) in [6.45, 7) is 3.62. The third-order valence-electron chi connectivity index (χ3n) is 0.236. The fourth-order valence-electron chi connectivity index (χ4n) is 0. The van der Waals surface area contributed by atoms with E-state index in [2.05, 4.69) is 0 Å². The van der Waals surface area contributed by atoms with Gasteiger partial charge in [0.2, 0.25) is 0 Å². The zero-order valence-corrected chi connectivity index (χ0v) is 9.15. The van der Waals surface area contributed by atoms with Crippen LogP contribution in [-0.2, 0) is 0 Å². The number of hydrogen-bond donors (Lipinski definition) is 5. The molecule has 0 bridgehead atoms. The summed E-state index contributed by atoms with van der Waals surface area (Å²) in [5, 5.41) is 0. The van der Waals surface area contributed by atoms with E-state index < -0.39 is 9.05 Å². The minimum Gasteiger partial charge on any atom is -0.483 e. The molecule has 0 saturated carbocycles. The fraction of sp³-hybridized carbons (Fsp3) is 0.667. The molecular formula is C3H12NNaO4Si. The predicted molar refractivity (Wildman–Crippen MR) is 33.4 cm³/mol. The van der Waals surface area contributed by atoms with Crippen LogP contribution in [0.4, 0.5) is 0 Å². The van der Waals surface area contributed by atoms with Crippen LogP contribution in [0.25, 0.3) is 0 Å². The van der Waals surface area contributed by atoms with E-state index in [0.717, 1.165) is 6.42 Å². The van der Waals surface area contributed by atoms with Crippen LogP contribution in [0.15, 0.2) is 0 Å². The molecule has 0 aliphatic heterocycles. The first-order valence-corrected chi connectivity index (χ1v) is 4.13. The van der Waals surface area contributed by atoms with Gasteiger partial charge in [-0.2, -0.15) is 6.42 Å². The van der Waals surface area contributed by atoms with E-state index in [1.165, 1.54) is 0 Å². The van der Waals surface area contributed by atoms with Gasteiger partial charge in [-0.3, -0.25) is 6.54 Å². The topological polar surface area (TPSA) is 107 Å². The summed E-state index contributed by atoms with van der Waals surface area (Å²) < 4.78 is 0. The van der Waals surface area contributed by atoms with Gasteiger partial charge in [0.1, 0.15) is 0 Å². The Balaban J connectivity index is -0.0000000910. The molecule has 10 heavy (non-hydrogen) atoms. The van der Waals surface area contributed by atoms with E-state index in [-0.39, 0.29) is 29.6 Å². The smallest absolute Gasteiger partial charge is 0.483 e. The Morgan fingerprint density at radius 3 is 1.40 bits per heavy atom. The van der Waals surface area contributed by atoms with Gasteiger partial charge < -0.3 is 24.9 Å². The summed E-state index contributed by atoms with van der Waals surface area (Å²) in [5.74, 6) is 0. The molecule has 0 aliphatic rings. The van der Waals surface area contributed by atoms with Gasteiger partial charge in [-0.15, -0.1) is 0 Å². The summed E-state index contributed by atoms with van der Waals surface area (Å²) in [6, 6.07) is 0. The molecule has 0 amide bonds. The summed E-state index contributed by atoms with van der Waals surface area (Å²) in [7, 11) is -4.61. The zero-order valence-electron chi connectivity index (χ0n) is 6.15. The van der Waals surface area contributed by atoms with Crippen molar-refractivity contribution in [3.63, 3.8) is 0 Å². The van der Waals surface area contributed by atoms with Crippen LogP contribution in [0.3, 0.4) is 0 Å². The second-order valence-corrected chi connectivity index (χ2v) is 2.44. The molecule has 0 spiro atoms. The molecule has 58 valence electrons. The van der Waals surface area contributed by atoms with Crippen LogP contribution in [0, 0.1) is 6.54 Å². The van der Waals surface area contributed by atoms with Crippen LogP contribution in [0.5, 0.6) is 0 Å². The SMILES string of the molecule is CC[CH-]N.O[Si](O)(O)O.[Na+]. The molecule has 0 fully saturated rings. The summed E-state index contributed by atoms with van der Waals surface area (Å²) in [6.07, 6.45) is 0.972. The van der Waals surface area contributed by atoms with Crippen molar-refractivity contribution in [3.8, 4) is 0 Å². The molecule has 6 N–H and O–H groups in total. The zero-order chi connectivity index (χ0) is 7.91. The molecule has 5 nitrogen and oxygen atoms in total. The van der Waals surface area contributed by atoms with Gasteiger partial charge in [-0.1, -0.05) is 6.92 Å². The second kappa shape index (κ2) is 10.0. The normalized spacial score (nSPS) is 9.00. The van der Waals surface area contributed by atoms with Gasteiger partial charge in [0.25, 0.3) is 0 Å². The minimum atomic E-state index is -4.61. The van der Waals surface area contributed by atoms with Crippen molar-refractivity contribution < 1.29 is 48.7 Å². The largest absolute Gasteiger partial charge is 1.00 e. The molecular weight excluding hydrogens is 165 g/mol. The number of hydrogen-bond acceptors (Lipinski definition) is 5. The van der Waals surface area contributed by atoms with Gasteiger partial charge in [0, 0.05) is 0 Å². The first kappa shape index (κ1) is 17.2. The van der Waals surface area contributed by atoms with Gasteiger partial charge >= 0.3 is 38.6 Å². The maximum absolute atomic E-state index is 7.33. The Bertz CT molecular complexity index is 51.0. The van der Waals surface area contributed by atoms with E-state index in [1.54, 1.807) is 6.54 Å². The van der Waals surface area contributed by atoms with Crippen molar-refractivity contribution in [1.29, 1.82) is 0 Å². The molecule has 0 atom stereocenters. The molecule has 0 aliphatic carbocycles. The number of nitrogens with two attached hydrogens (primary N) is 1. The van der Waals surface area contributed by atoms with Crippen LogP contribution >= 0.6 is 0 Å². The fourth-order valence-corrected chi connectivity index (χ4v) is 0. The average Bonchev–Trinajstić information content (AvgIpc) is 1.61. The molecule has 0 aromatic carbocycles. The molecule has 0 aromatic rings. The molecule has 0 heterocycles. The third kappa shape index (κ3) is 142. The van der Waals surface area contributed by atoms with Gasteiger partial charge in [0.05, 0.1) is 0 Å². The van der Waals surface area contributed by atoms with Crippen molar-refractivity contribution in [2.45, 2.75) is 13.3 Å². The van der Waals surface area contributed by atoms with Gasteiger partial charge in [-0.25, -0.2) is 0 Å². The Labute approximate surface area is 83.3 Å². The summed E-state index contributed by atoms with van der Waals surface area (Å²) in [4.78, 5) is 29.3. The van der Waals surface area contributed by atoms with E-state index in [4.69, 9.17) is 24.9 Å². The van der Waals surface area contributed by atoms with Crippen molar-refractivity contribution in [2.75, 3.05) is 0 Å². The van der Waals surface area contributed by atoms with E-state index in [0.29, 0.717) is 0 Å². The quantitative estimate of drug-likeness (QED) is 0.203. The van der Waals surface area contributed by atoms with Crippen molar-refractivity contribution in [2.24, 2.45) is 5.73 Å². The molecule has 0 unspecified atom stereocenters. The van der Waals surface area contributed by atoms with E-state index in [9.17, 15) is 0 Å². The molecule has 7 heteroatoms. The predicted octanol–water partition coefficient (Wildman–Crippen LogP) is -5.09. The second-order valence-electron chi connectivity index (χ2n) is 1.24. The van der Waals surface area contributed by atoms with Gasteiger partial charge in [0.15, 0.2) is 0 Å². The standard InChI is InChI=1S/C3H8N.Na.H4O4Si/c1-2-3-4;;1-5(2,3)4/h3H,2,4H2,1H3;;1-4H/q-1;+1;. The number of rotatable bonds is 1. The minimum absolute atomic E-state index is 0. The average molecular weight is 177 g/mol. The first-order valence-electron chi connectivity index (χ1n) is 2.34. The monoisotopic (exact) mass is 177 g/mol. The maximum Gasteiger partial charge on any atom is 1.00 e. The molecule has 0 radical (unpaired) electrons. The van der Waals surface area contributed by atoms with Crippen LogP contribution in [0.2, 0.25) is 0 Å². The van der Waals surface area contributed by atoms with E-state index >= 15 is 0 Å². The molecule has 0 rings (SSSR count). The van der Waals surface area contributed by atoms with Crippen LogP contribution < -0.4 is 35.3 Å². The Morgan fingerprint density at radius 1 is 1.30 bits per heavy atom. The molecule has 0 aromatic heterocycles. The molecule has 0 saturated heterocycles. The Hall–Kier alpha value is 1.02. The summed E-state index contributed by atoms with van der Waals surface area (Å²) >= 11 is 0. The van der Waals surface area contributed by atoms with E-state index in [1.807, 2.05) is 6.92 Å². The first-order chi connectivity index (χ1) is 3.91. The Kier molecular flexibility index (Phi) is 17.2. The third-order valence-corrected chi connectivity index (χ3v) is 0.236. The van der Waals surface area contributed by atoms with Crippen molar-refractivity contribution >= 4 is 9.05 Å². The van der Waals surface area contributed by atoms with Crippen LogP contribution in [-0.4, -0.2) is 28.2 Å². The summed E-state index contributed by atoms with van der Waals surface area (Å²) in [5.41, 5.74) is 4.90. The van der Waals surface area contributed by atoms with Gasteiger partial charge in [-0.05, 0) is 0 Å². The van der Waals surface area contributed by atoms with Crippen molar-refractivity contribution in [1.82, 2.24) is 0 Å². The Morgan fingerprint density at radius 2 is 1.40 bits per heavy atom.